The molecule has 216 valence electrons. The summed E-state index contributed by atoms with van der Waals surface area (Å²) < 4.78 is 66.2. The number of para-hydroxylation sites is 1. The number of methoxy groups -OCH3 is 2. The zero-order valence-electron chi connectivity index (χ0n) is 22.7. The molecule has 40 heavy (non-hydrogen) atoms. The van der Waals surface area contributed by atoms with Crippen LogP contribution in [0, 0.1) is 5.82 Å². The van der Waals surface area contributed by atoms with Crippen molar-refractivity contribution in [3.05, 3.63) is 48.1 Å². The van der Waals surface area contributed by atoms with Crippen LogP contribution in [-0.4, -0.2) is 85.0 Å². The summed E-state index contributed by atoms with van der Waals surface area (Å²) in [6, 6.07) is 5.32. The Morgan fingerprint density at radius 2 is 1.82 bits per heavy atom. The second-order valence-electron chi connectivity index (χ2n) is 9.67. The maximum absolute atomic E-state index is 14.0. The van der Waals surface area contributed by atoms with Gasteiger partial charge < -0.3 is 23.8 Å². The Morgan fingerprint density at radius 3 is 2.45 bits per heavy atom. The van der Waals surface area contributed by atoms with Crippen LogP contribution in [0.25, 0.3) is 5.69 Å². The topological polar surface area (TPSA) is 131 Å². The summed E-state index contributed by atoms with van der Waals surface area (Å²) in [5, 5.41) is 7.92. The van der Waals surface area contributed by atoms with Gasteiger partial charge in [-0.3, -0.25) is 4.57 Å². The van der Waals surface area contributed by atoms with Gasteiger partial charge in [-0.2, -0.15) is 0 Å². The summed E-state index contributed by atoms with van der Waals surface area (Å²) in [6.45, 7) is 3.37. The van der Waals surface area contributed by atoms with Crippen molar-refractivity contribution in [2.45, 2.75) is 49.4 Å². The fourth-order valence-electron chi connectivity index (χ4n) is 5.26. The van der Waals surface area contributed by atoms with Crippen molar-refractivity contribution >= 4 is 15.8 Å². The molecule has 4 heterocycles. The third-order valence-corrected chi connectivity index (χ3v) is 9.12. The van der Waals surface area contributed by atoms with Crippen LogP contribution in [-0.2, 0) is 25.1 Å². The van der Waals surface area contributed by atoms with Gasteiger partial charge in [-0.1, -0.05) is 6.07 Å². The maximum Gasteiger partial charge on any atom is 0.225 e. The number of benzene rings is 1. The second-order valence-corrected chi connectivity index (χ2v) is 12.0. The van der Waals surface area contributed by atoms with Gasteiger partial charge in [0.2, 0.25) is 5.95 Å². The number of ether oxygens (including phenoxy) is 4. The lowest BCUT2D eigenvalue weighted by Crippen LogP contribution is -2.50. The third-order valence-electron chi connectivity index (χ3n) is 7.10. The number of hydrogen-bond donors (Lipinski definition) is 0. The summed E-state index contributed by atoms with van der Waals surface area (Å²) in [5.41, 5.74) is 0.505. The van der Waals surface area contributed by atoms with E-state index in [1.807, 2.05) is 6.92 Å². The number of hydrogen-bond acceptors (Lipinski definition) is 11. The number of sulfone groups is 1. The van der Waals surface area contributed by atoms with E-state index in [2.05, 4.69) is 20.2 Å². The highest BCUT2D eigenvalue weighted by molar-refractivity contribution is 7.91. The Kier molecular flexibility index (Phi) is 8.47. The van der Waals surface area contributed by atoms with Gasteiger partial charge in [-0.15, -0.1) is 10.2 Å². The molecule has 0 radical (unpaired) electrons. The van der Waals surface area contributed by atoms with Gasteiger partial charge >= 0.3 is 0 Å². The lowest BCUT2D eigenvalue weighted by atomic mass is 10.1. The fourth-order valence-corrected chi connectivity index (χ4v) is 6.96. The quantitative estimate of drug-likeness (QED) is 0.353. The minimum absolute atomic E-state index is 0.127. The first-order chi connectivity index (χ1) is 19.3. The Hall–Kier alpha value is -3.36. The first-order valence-corrected chi connectivity index (χ1v) is 14.9. The van der Waals surface area contributed by atoms with Crippen LogP contribution in [0.1, 0.15) is 43.9 Å². The molecule has 2 aromatic heterocycles. The summed E-state index contributed by atoms with van der Waals surface area (Å²) in [4.78, 5) is 9.83. The zero-order chi connectivity index (χ0) is 28.3. The third kappa shape index (κ3) is 5.74. The summed E-state index contributed by atoms with van der Waals surface area (Å²) in [5.74, 6) is 0.943. The van der Waals surface area contributed by atoms with Crippen LogP contribution in [0.5, 0.6) is 11.5 Å². The molecule has 0 saturated carbocycles. The molecule has 14 heteroatoms. The molecule has 12 nitrogen and oxygen atoms in total. The number of rotatable bonds is 10. The van der Waals surface area contributed by atoms with Crippen molar-refractivity contribution < 1.29 is 31.8 Å². The van der Waals surface area contributed by atoms with Gasteiger partial charge in [-0.05, 0) is 38.3 Å². The Balaban J connectivity index is 1.52. The molecule has 0 aliphatic carbocycles. The second kappa shape index (κ2) is 12.0. The molecule has 2 aliphatic rings. The molecule has 0 amide bonds. The fraction of sp³-hybridized carbons (Fsp3) is 0.538. The van der Waals surface area contributed by atoms with E-state index in [0.29, 0.717) is 49.2 Å². The van der Waals surface area contributed by atoms with Crippen LogP contribution in [0.15, 0.2) is 30.6 Å². The molecule has 3 atom stereocenters. The average Bonchev–Trinajstić information content (AvgIpc) is 3.63. The molecule has 2 saturated heterocycles. The minimum Gasteiger partial charge on any atom is -0.494 e. The van der Waals surface area contributed by atoms with Crippen molar-refractivity contribution in [3.63, 3.8) is 0 Å². The van der Waals surface area contributed by atoms with Gasteiger partial charge in [0.15, 0.2) is 27.3 Å². The van der Waals surface area contributed by atoms with E-state index >= 15 is 0 Å². The Bertz CT molecular complexity index is 1390. The normalized spacial score (nSPS) is 21.5. The van der Waals surface area contributed by atoms with Crippen molar-refractivity contribution in [3.8, 4) is 17.2 Å². The van der Waals surface area contributed by atoms with Crippen molar-refractivity contribution in [2.75, 3.05) is 45.4 Å². The van der Waals surface area contributed by atoms with E-state index < -0.39 is 26.7 Å². The molecule has 5 rings (SSSR count). The number of nitrogens with zero attached hydrogens (tertiary/aromatic N) is 6. The van der Waals surface area contributed by atoms with Crippen molar-refractivity contribution in [1.29, 1.82) is 0 Å². The summed E-state index contributed by atoms with van der Waals surface area (Å²) in [6.07, 6.45) is 3.28. The SMILES string of the molecule is CCO[C@@H]1C[C@@H](S(=O)(=O)Cc2nnc([C@H]3CCCO3)n2-c2c(OC)cccc2OC)CN(c2ncc(F)cn2)C1. The highest BCUT2D eigenvalue weighted by Gasteiger charge is 2.39. The lowest BCUT2D eigenvalue weighted by molar-refractivity contribution is 0.0531. The number of aromatic nitrogens is 5. The van der Waals surface area contributed by atoms with E-state index in [-0.39, 0.29) is 30.5 Å². The predicted octanol–water partition coefficient (Wildman–Crippen LogP) is 2.66. The van der Waals surface area contributed by atoms with E-state index in [9.17, 15) is 12.8 Å². The van der Waals surface area contributed by atoms with Gasteiger partial charge in [-0.25, -0.2) is 22.8 Å². The highest BCUT2D eigenvalue weighted by atomic mass is 32.2. The highest BCUT2D eigenvalue weighted by Crippen LogP contribution is 2.38. The smallest absolute Gasteiger partial charge is 0.225 e. The summed E-state index contributed by atoms with van der Waals surface area (Å²) in [7, 11) is -0.745. The zero-order valence-corrected chi connectivity index (χ0v) is 23.5. The molecule has 0 spiro atoms. The van der Waals surface area contributed by atoms with Crippen LogP contribution in [0.3, 0.4) is 0 Å². The van der Waals surface area contributed by atoms with E-state index in [1.165, 1.54) is 14.2 Å². The van der Waals surface area contributed by atoms with Crippen LogP contribution in [0.2, 0.25) is 0 Å². The molecule has 0 bridgehead atoms. The Morgan fingerprint density at radius 1 is 1.10 bits per heavy atom. The predicted molar refractivity (Wildman–Crippen MR) is 143 cm³/mol. The first-order valence-electron chi connectivity index (χ1n) is 13.2. The minimum atomic E-state index is -3.81. The number of halogens is 1. The molecule has 2 fully saturated rings. The average molecular weight is 577 g/mol. The van der Waals surface area contributed by atoms with Crippen molar-refractivity contribution in [1.82, 2.24) is 24.7 Å². The van der Waals surface area contributed by atoms with Crippen molar-refractivity contribution in [2.24, 2.45) is 0 Å². The molecule has 3 aromatic rings. The van der Waals surface area contributed by atoms with Gasteiger partial charge in [0.1, 0.15) is 29.0 Å². The molecule has 2 aliphatic heterocycles. The Labute approximate surface area is 232 Å². The van der Waals surface area contributed by atoms with E-state index in [4.69, 9.17) is 18.9 Å². The molecule has 1 aromatic carbocycles. The standard InChI is InChI=1S/C26H33FN6O6S/c1-4-38-18-11-19(15-32(14-18)26-28-12-17(27)13-29-26)40(34,35)16-23-30-31-25(22-9-6-10-39-22)33(23)24-20(36-2)7-5-8-21(24)37-3/h5,7-8,12-13,18-19,22H,4,6,9-11,14-16H2,1-3H3/t18-,19-,22-/m1/s1. The van der Waals surface area contributed by atoms with Gasteiger partial charge in [0.05, 0.1) is 38.0 Å². The lowest BCUT2D eigenvalue weighted by Gasteiger charge is -2.37. The summed E-state index contributed by atoms with van der Waals surface area (Å²) >= 11 is 0. The number of anilines is 1. The van der Waals surface area contributed by atoms with Crippen LogP contribution in [0.4, 0.5) is 10.3 Å². The van der Waals surface area contributed by atoms with Gasteiger partial charge in [0.25, 0.3) is 0 Å². The first kappa shape index (κ1) is 28.2. The monoisotopic (exact) mass is 576 g/mol. The van der Waals surface area contributed by atoms with E-state index in [0.717, 1.165) is 25.2 Å². The number of piperidine rings is 1. The van der Waals surface area contributed by atoms with Crippen LogP contribution >= 0.6 is 0 Å². The molecular weight excluding hydrogens is 543 g/mol. The largest absolute Gasteiger partial charge is 0.494 e. The van der Waals surface area contributed by atoms with Crippen LogP contribution < -0.4 is 14.4 Å². The van der Waals surface area contributed by atoms with E-state index in [1.54, 1.807) is 27.7 Å². The maximum atomic E-state index is 14.0. The molecule has 0 unspecified atom stereocenters. The molecule has 0 N–H and O–H groups in total. The molecular formula is C26H33FN6O6S. The van der Waals surface area contributed by atoms with Gasteiger partial charge in [0, 0.05) is 26.3 Å².